The van der Waals surface area contributed by atoms with Crippen LogP contribution in [0.3, 0.4) is 0 Å². The summed E-state index contributed by atoms with van der Waals surface area (Å²) in [6.45, 7) is 12.1. The quantitative estimate of drug-likeness (QED) is 0.399. The largest absolute Gasteiger partial charge is 0.289 e. The highest BCUT2D eigenvalue weighted by Crippen LogP contribution is 2.55. The van der Waals surface area contributed by atoms with Crippen molar-refractivity contribution in [3.05, 3.63) is 88.0 Å². The monoisotopic (exact) mass is 446 g/mol. The standard InChI is InChI=1S/C32H34N2/c1-20(2)31-30-17-24(9-8-22(30)11-13-34-31)28-18-29(28)26-15-23-7-6-21(19-33)14-27(23)25(16-26)10-12-32(3,4)5/h6-10,12,14-17,20,28-29H,11,13,18H2,1-5H3/b12-10+. The molecule has 2 aliphatic rings. The molecule has 0 amide bonds. The lowest BCUT2D eigenvalue weighted by Crippen LogP contribution is -2.18. The molecule has 34 heavy (non-hydrogen) atoms. The first-order valence-electron chi connectivity index (χ1n) is 12.6. The van der Waals surface area contributed by atoms with Gasteiger partial charge in [0.05, 0.1) is 11.6 Å². The molecule has 0 N–H and O–H groups in total. The van der Waals surface area contributed by atoms with Crippen LogP contribution in [-0.4, -0.2) is 12.3 Å². The maximum atomic E-state index is 9.42. The lowest BCUT2D eigenvalue weighted by atomic mass is 9.88. The Balaban J connectivity index is 1.51. The number of nitrogens with zero attached hydrogens (tertiary/aromatic N) is 2. The van der Waals surface area contributed by atoms with Crippen LogP contribution in [0.1, 0.15) is 86.3 Å². The Morgan fingerprint density at radius 1 is 1.00 bits per heavy atom. The molecule has 1 aliphatic heterocycles. The zero-order valence-corrected chi connectivity index (χ0v) is 21.0. The fourth-order valence-electron chi connectivity index (χ4n) is 5.26. The van der Waals surface area contributed by atoms with Crippen LogP contribution in [0, 0.1) is 22.7 Å². The van der Waals surface area contributed by atoms with Crippen molar-refractivity contribution in [2.24, 2.45) is 16.3 Å². The second-order valence-corrected chi connectivity index (χ2v) is 11.4. The average molecular weight is 447 g/mol. The molecule has 5 rings (SSSR count). The van der Waals surface area contributed by atoms with Gasteiger partial charge >= 0.3 is 0 Å². The summed E-state index contributed by atoms with van der Waals surface area (Å²) < 4.78 is 0. The first-order valence-corrected chi connectivity index (χ1v) is 12.6. The molecule has 0 saturated heterocycles. The van der Waals surface area contributed by atoms with Gasteiger partial charge in [-0.3, -0.25) is 4.99 Å². The van der Waals surface area contributed by atoms with Gasteiger partial charge in [0.25, 0.3) is 0 Å². The molecular weight excluding hydrogens is 412 g/mol. The summed E-state index contributed by atoms with van der Waals surface area (Å²) in [4.78, 5) is 4.85. The minimum atomic E-state index is 0.107. The first kappa shape index (κ1) is 22.6. The van der Waals surface area contributed by atoms with Gasteiger partial charge < -0.3 is 0 Å². The SMILES string of the molecule is CC(C)C1=NCCc2ccc(C3CC3c3cc(/C=C/C(C)(C)C)c4cc(C#N)ccc4c3)cc21. The highest BCUT2D eigenvalue weighted by molar-refractivity contribution is 6.04. The molecule has 0 bridgehead atoms. The van der Waals surface area contributed by atoms with Crippen LogP contribution < -0.4 is 0 Å². The van der Waals surface area contributed by atoms with Gasteiger partial charge in [-0.15, -0.1) is 0 Å². The van der Waals surface area contributed by atoms with Crippen LogP contribution in [0.15, 0.2) is 59.6 Å². The summed E-state index contributed by atoms with van der Waals surface area (Å²) >= 11 is 0. The zero-order valence-electron chi connectivity index (χ0n) is 21.0. The van der Waals surface area contributed by atoms with Crippen molar-refractivity contribution in [2.75, 3.05) is 6.54 Å². The molecule has 172 valence electrons. The Morgan fingerprint density at radius 2 is 1.79 bits per heavy atom. The van der Waals surface area contributed by atoms with E-state index in [1.165, 1.54) is 45.3 Å². The first-order chi connectivity index (χ1) is 16.2. The summed E-state index contributed by atoms with van der Waals surface area (Å²) in [7, 11) is 0. The summed E-state index contributed by atoms with van der Waals surface area (Å²) in [6, 6.07) is 20.2. The molecule has 1 heterocycles. The van der Waals surface area contributed by atoms with E-state index in [9.17, 15) is 5.26 Å². The highest BCUT2D eigenvalue weighted by Gasteiger charge is 2.40. The number of rotatable bonds is 4. The molecule has 0 aromatic heterocycles. The van der Waals surface area contributed by atoms with E-state index >= 15 is 0 Å². The number of aliphatic imine (C=N–C) groups is 1. The molecule has 2 atom stereocenters. The third-order valence-electron chi connectivity index (χ3n) is 7.17. The maximum absolute atomic E-state index is 9.42. The lowest BCUT2D eigenvalue weighted by Gasteiger charge is -2.20. The summed E-state index contributed by atoms with van der Waals surface area (Å²) in [5.41, 5.74) is 8.99. The normalized spacial score (nSPS) is 19.9. The van der Waals surface area contributed by atoms with Crippen molar-refractivity contribution in [1.29, 1.82) is 5.26 Å². The number of fused-ring (bicyclic) bond motifs is 2. The van der Waals surface area contributed by atoms with Crippen LogP contribution in [0.5, 0.6) is 0 Å². The molecule has 3 aromatic rings. The van der Waals surface area contributed by atoms with Gasteiger partial charge in [-0.25, -0.2) is 0 Å². The van der Waals surface area contributed by atoms with Crippen LogP contribution in [0.25, 0.3) is 16.8 Å². The predicted octanol–water partition coefficient (Wildman–Crippen LogP) is 8.04. The molecule has 1 saturated carbocycles. The Hall–Kier alpha value is -3.18. The number of hydrogen-bond acceptors (Lipinski definition) is 2. The number of hydrogen-bond donors (Lipinski definition) is 0. The van der Waals surface area contributed by atoms with Crippen LogP contribution in [-0.2, 0) is 6.42 Å². The van der Waals surface area contributed by atoms with Crippen LogP contribution in [0.4, 0.5) is 0 Å². The van der Waals surface area contributed by atoms with E-state index in [2.05, 4.69) is 89.2 Å². The Kier molecular flexibility index (Phi) is 5.68. The van der Waals surface area contributed by atoms with Gasteiger partial charge in [-0.2, -0.15) is 5.26 Å². The minimum Gasteiger partial charge on any atom is -0.289 e. The predicted molar refractivity (Wildman–Crippen MR) is 144 cm³/mol. The molecule has 0 spiro atoms. The van der Waals surface area contributed by atoms with E-state index < -0.39 is 0 Å². The van der Waals surface area contributed by atoms with Crippen molar-refractivity contribution < 1.29 is 0 Å². The second kappa shape index (κ2) is 8.55. The summed E-state index contributed by atoms with van der Waals surface area (Å²) in [5, 5.41) is 11.8. The fourth-order valence-corrected chi connectivity index (χ4v) is 5.26. The van der Waals surface area contributed by atoms with Gasteiger partial charge in [0.15, 0.2) is 0 Å². The number of allylic oxidation sites excluding steroid dienone is 1. The molecule has 3 aromatic carbocycles. The third-order valence-corrected chi connectivity index (χ3v) is 7.17. The highest BCUT2D eigenvalue weighted by atomic mass is 14.8. The van der Waals surface area contributed by atoms with Gasteiger partial charge in [-0.1, -0.05) is 77.1 Å². The lowest BCUT2D eigenvalue weighted by molar-refractivity contribution is 0.547. The molecule has 2 unspecified atom stereocenters. The Labute approximate surface area is 204 Å². The number of nitriles is 1. The molecule has 2 nitrogen and oxygen atoms in total. The zero-order chi connectivity index (χ0) is 24.0. The summed E-state index contributed by atoms with van der Waals surface area (Å²) in [5.74, 6) is 1.57. The maximum Gasteiger partial charge on any atom is 0.0991 e. The van der Waals surface area contributed by atoms with E-state index in [-0.39, 0.29) is 5.41 Å². The molecule has 2 heteroatoms. The summed E-state index contributed by atoms with van der Waals surface area (Å²) in [6.07, 6.45) is 6.76. The molecule has 0 radical (unpaired) electrons. The Bertz CT molecular complexity index is 1360. The van der Waals surface area contributed by atoms with Crippen LogP contribution in [0.2, 0.25) is 0 Å². The van der Waals surface area contributed by atoms with Crippen molar-refractivity contribution in [1.82, 2.24) is 0 Å². The number of benzene rings is 3. The molecule has 1 fully saturated rings. The smallest absolute Gasteiger partial charge is 0.0991 e. The topological polar surface area (TPSA) is 36.1 Å². The van der Waals surface area contributed by atoms with Crippen molar-refractivity contribution >= 4 is 22.6 Å². The average Bonchev–Trinajstić information content (AvgIpc) is 3.61. The van der Waals surface area contributed by atoms with E-state index in [0.29, 0.717) is 23.3 Å². The third kappa shape index (κ3) is 4.45. The van der Waals surface area contributed by atoms with Crippen molar-refractivity contribution in [2.45, 2.75) is 59.3 Å². The fraction of sp³-hybridized carbons (Fsp3) is 0.375. The molecular formula is C32H34N2. The second-order valence-electron chi connectivity index (χ2n) is 11.4. The van der Waals surface area contributed by atoms with Gasteiger partial charge in [0.1, 0.15) is 0 Å². The van der Waals surface area contributed by atoms with Crippen LogP contribution >= 0.6 is 0 Å². The van der Waals surface area contributed by atoms with Gasteiger partial charge in [0, 0.05) is 12.3 Å². The minimum absolute atomic E-state index is 0.107. The van der Waals surface area contributed by atoms with Gasteiger partial charge in [0.2, 0.25) is 0 Å². The Morgan fingerprint density at radius 3 is 2.53 bits per heavy atom. The van der Waals surface area contributed by atoms with Crippen molar-refractivity contribution in [3.63, 3.8) is 0 Å². The van der Waals surface area contributed by atoms with Gasteiger partial charge in [-0.05, 0) is 92.8 Å². The van der Waals surface area contributed by atoms with E-state index in [1.54, 1.807) is 0 Å². The van der Waals surface area contributed by atoms with Crippen molar-refractivity contribution in [3.8, 4) is 6.07 Å². The molecule has 1 aliphatic carbocycles. The van der Waals surface area contributed by atoms with E-state index in [4.69, 9.17) is 4.99 Å². The van der Waals surface area contributed by atoms with E-state index in [0.717, 1.165) is 18.4 Å². The van der Waals surface area contributed by atoms with E-state index in [1.807, 2.05) is 12.1 Å².